The molecule has 0 amide bonds. The predicted octanol–water partition coefficient (Wildman–Crippen LogP) is 0.332. The van der Waals surface area contributed by atoms with Gasteiger partial charge in [0.05, 0.1) is 0 Å². The summed E-state index contributed by atoms with van der Waals surface area (Å²) in [7, 11) is 5.42. The number of hydrogen-bond acceptors (Lipinski definition) is 1. The molecule has 0 spiro atoms. The van der Waals surface area contributed by atoms with E-state index in [1.807, 2.05) is 0 Å². The molecule has 0 unspecified atom stereocenters. The summed E-state index contributed by atoms with van der Waals surface area (Å²) in [5, 5.41) is 0. The van der Waals surface area contributed by atoms with Gasteiger partial charge in [0.25, 0.3) is 0 Å². The first-order valence-electron chi connectivity index (χ1n) is 2.54. The highest BCUT2D eigenvalue weighted by molar-refractivity contribution is 6.04. The van der Waals surface area contributed by atoms with Gasteiger partial charge in [0.15, 0.2) is 7.98 Å². The largest absolute Gasteiger partial charge is 0.350 e. The van der Waals surface area contributed by atoms with Gasteiger partial charge in [-0.05, 0) is 13.0 Å². The summed E-state index contributed by atoms with van der Waals surface area (Å²) in [5.74, 6) is 0. The quantitative estimate of drug-likeness (QED) is 0.308. The topological polar surface area (TPSA) is 3.24 Å². The third kappa shape index (κ3) is 1.36. The molecule has 7 heavy (non-hydrogen) atoms. The molecule has 0 aromatic heterocycles. The van der Waals surface area contributed by atoms with Crippen molar-refractivity contribution in [1.29, 1.82) is 0 Å². The monoisotopic (exact) mass is 93.1 g/mol. The zero-order valence-corrected chi connectivity index (χ0v) is 4.30. The second-order valence-corrected chi connectivity index (χ2v) is 1.76. The van der Waals surface area contributed by atoms with E-state index in [-0.39, 0.29) is 0 Å². The van der Waals surface area contributed by atoms with Gasteiger partial charge in [0.2, 0.25) is 0 Å². The lowest BCUT2D eigenvalue weighted by molar-refractivity contribution is 0.492. The molecule has 1 aliphatic rings. The maximum atomic E-state index is 5.42. The van der Waals surface area contributed by atoms with E-state index >= 15 is 0 Å². The third-order valence-corrected chi connectivity index (χ3v) is 1.09. The molecule has 0 atom stereocenters. The van der Waals surface area contributed by atoms with Crippen LogP contribution in [0.2, 0.25) is 0 Å². The molecular weight excluding hydrogens is 84.9 g/mol. The first-order chi connectivity index (χ1) is 3.39. The fourth-order valence-corrected chi connectivity index (χ4v) is 0.659. The van der Waals surface area contributed by atoms with Crippen molar-refractivity contribution in [2.75, 3.05) is 13.1 Å². The van der Waals surface area contributed by atoms with Crippen molar-refractivity contribution in [3.8, 4) is 0 Å². The summed E-state index contributed by atoms with van der Waals surface area (Å²) in [4.78, 5) is 1.81. The molecule has 0 fully saturated rings. The van der Waals surface area contributed by atoms with Crippen LogP contribution in [0.1, 0.15) is 6.42 Å². The van der Waals surface area contributed by atoms with E-state index in [0.717, 1.165) is 19.5 Å². The van der Waals surface area contributed by atoms with E-state index in [2.05, 4.69) is 12.2 Å². The average Bonchev–Trinajstić information content (AvgIpc) is 1.69. The molecule has 36 valence electrons. The van der Waals surface area contributed by atoms with Crippen LogP contribution in [0.4, 0.5) is 0 Å². The minimum absolute atomic E-state index is 0.917. The van der Waals surface area contributed by atoms with Crippen molar-refractivity contribution in [3.63, 3.8) is 0 Å². The van der Waals surface area contributed by atoms with Gasteiger partial charge in [-0.15, -0.1) is 0 Å². The van der Waals surface area contributed by atoms with Crippen molar-refractivity contribution >= 4 is 7.98 Å². The van der Waals surface area contributed by atoms with E-state index in [4.69, 9.17) is 7.98 Å². The Hall–Kier alpha value is -0.235. The average molecular weight is 92.9 g/mol. The van der Waals surface area contributed by atoms with Crippen molar-refractivity contribution in [1.82, 2.24) is 4.81 Å². The molecule has 0 saturated carbocycles. The fourth-order valence-electron chi connectivity index (χ4n) is 0.659. The normalized spacial score (nSPS) is 22.9. The van der Waals surface area contributed by atoms with Crippen LogP contribution in [0, 0.1) is 0 Å². The van der Waals surface area contributed by atoms with Crippen LogP contribution in [0.3, 0.4) is 0 Å². The minimum atomic E-state index is 0.917. The number of hydrogen-bond donors (Lipinski definition) is 0. The van der Waals surface area contributed by atoms with E-state index in [9.17, 15) is 0 Å². The third-order valence-electron chi connectivity index (χ3n) is 1.09. The number of nitrogens with zero attached hydrogens (tertiary/aromatic N) is 1. The van der Waals surface area contributed by atoms with Gasteiger partial charge in [-0.3, -0.25) is 0 Å². The van der Waals surface area contributed by atoms with Crippen LogP contribution in [0.25, 0.3) is 0 Å². The van der Waals surface area contributed by atoms with Crippen molar-refractivity contribution in [2.45, 2.75) is 6.42 Å². The highest BCUT2D eigenvalue weighted by Gasteiger charge is 1.95. The van der Waals surface area contributed by atoms with Gasteiger partial charge >= 0.3 is 0 Å². The lowest BCUT2D eigenvalue weighted by atomic mass is 10.2. The van der Waals surface area contributed by atoms with E-state index in [0.29, 0.717) is 0 Å². The predicted molar refractivity (Wildman–Crippen MR) is 31.1 cm³/mol. The summed E-state index contributed by atoms with van der Waals surface area (Å²) in [6.45, 7) is 1.93. The van der Waals surface area contributed by atoms with Crippen LogP contribution in [-0.4, -0.2) is 25.9 Å². The molecule has 0 aromatic carbocycles. The molecule has 2 heteroatoms. The van der Waals surface area contributed by atoms with Crippen LogP contribution in [0.5, 0.6) is 0 Å². The Morgan fingerprint density at radius 1 is 1.43 bits per heavy atom. The lowest BCUT2D eigenvalue weighted by Crippen LogP contribution is -2.23. The van der Waals surface area contributed by atoms with Gasteiger partial charge in [-0.1, -0.05) is 12.2 Å². The van der Waals surface area contributed by atoms with Crippen LogP contribution in [-0.2, 0) is 0 Å². The molecule has 1 rings (SSSR count). The summed E-state index contributed by atoms with van der Waals surface area (Å²) in [6, 6.07) is 0. The van der Waals surface area contributed by atoms with Crippen LogP contribution >= 0.6 is 0 Å². The van der Waals surface area contributed by atoms with E-state index in [1.54, 1.807) is 4.81 Å². The Bertz CT molecular complexity index is 80.1. The Balaban J connectivity index is 2.32. The highest BCUT2D eigenvalue weighted by atomic mass is 15.0. The first-order valence-corrected chi connectivity index (χ1v) is 2.54. The summed E-state index contributed by atoms with van der Waals surface area (Å²) >= 11 is 0. The zero-order valence-electron chi connectivity index (χ0n) is 4.30. The molecule has 1 aliphatic heterocycles. The van der Waals surface area contributed by atoms with Crippen LogP contribution < -0.4 is 0 Å². The number of rotatable bonds is 0. The highest BCUT2D eigenvalue weighted by Crippen LogP contribution is 1.94. The summed E-state index contributed by atoms with van der Waals surface area (Å²) in [5.41, 5.74) is 0. The molecule has 0 aliphatic carbocycles. The Labute approximate surface area is 45.4 Å². The second-order valence-electron chi connectivity index (χ2n) is 1.76. The molecule has 2 radical (unpaired) electrons. The van der Waals surface area contributed by atoms with E-state index in [1.165, 1.54) is 0 Å². The first kappa shape index (κ1) is 4.91. The summed E-state index contributed by atoms with van der Waals surface area (Å²) in [6.07, 6.45) is 5.35. The Morgan fingerprint density at radius 3 is 2.57 bits per heavy atom. The zero-order chi connectivity index (χ0) is 5.11. The standard InChI is InChI=1S/C5H8BN/c6-7-4-2-1-3-5-7/h1-2H,3-5H2. The van der Waals surface area contributed by atoms with Gasteiger partial charge < -0.3 is 4.81 Å². The van der Waals surface area contributed by atoms with Gasteiger partial charge in [-0.2, -0.15) is 0 Å². The van der Waals surface area contributed by atoms with Crippen molar-refractivity contribution < 1.29 is 0 Å². The van der Waals surface area contributed by atoms with Crippen molar-refractivity contribution in [2.24, 2.45) is 0 Å². The maximum Gasteiger partial charge on any atom is 0.182 e. The molecule has 0 aromatic rings. The minimum Gasteiger partial charge on any atom is -0.350 e. The summed E-state index contributed by atoms with van der Waals surface area (Å²) < 4.78 is 0. The molecular formula is C5H8BN. The molecule has 0 bridgehead atoms. The Kier molecular flexibility index (Phi) is 1.52. The van der Waals surface area contributed by atoms with E-state index < -0.39 is 0 Å². The smallest absolute Gasteiger partial charge is 0.182 e. The molecule has 1 nitrogen and oxygen atoms in total. The van der Waals surface area contributed by atoms with Gasteiger partial charge in [0.1, 0.15) is 0 Å². The van der Waals surface area contributed by atoms with Crippen molar-refractivity contribution in [3.05, 3.63) is 12.2 Å². The lowest BCUT2D eigenvalue weighted by Gasteiger charge is -2.16. The van der Waals surface area contributed by atoms with Crippen LogP contribution in [0.15, 0.2) is 12.2 Å². The fraction of sp³-hybridized carbons (Fsp3) is 0.600. The van der Waals surface area contributed by atoms with Gasteiger partial charge in [-0.25, -0.2) is 0 Å². The second kappa shape index (κ2) is 2.17. The van der Waals surface area contributed by atoms with Gasteiger partial charge in [0, 0.05) is 6.54 Å². The molecule has 1 heterocycles. The Morgan fingerprint density at radius 2 is 2.29 bits per heavy atom. The maximum absolute atomic E-state index is 5.42. The molecule has 0 N–H and O–H groups in total. The SMILES string of the molecule is [B]N1CC=CCC1. The molecule has 0 saturated heterocycles.